The number of rotatable bonds is 1. The summed E-state index contributed by atoms with van der Waals surface area (Å²) in [6.45, 7) is 0. The van der Waals surface area contributed by atoms with Crippen molar-refractivity contribution in [3.05, 3.63) is 0 Å². The molecule has 0 amide bonds. The van der Waals surface area contributed by atoms with Crippen LogP contribution in [0.3, 0.4) is 0 Å². The topological polar surface area (TPSA) is 0 Å². The average molecular weight is 185 g/mol. The average Bonchev–Trinajstić information content (AvgIpc) is 2.64. The van der Waals surface area contributed by atoms with Gasteiger partial charge in [-0.2, -0.15) is 0 Å². The van der Waals surface area contributed by atoms with Crippen LogP contribution in [0.5, 0.6) is 0 Å². The van der Waals surface area contributed by atoms with Crippen LogP contribution >= 0.6 is 11.6 Å². The fraction of sp³-hybridized carbons (Fsp3) is 1.00. The van der Waals surface area contributed by atoms with Crippen LogP contribution in [0, 0.1) is 11.8 Å². The van der Waals surface area contributed by atoms with Crippen LogP contribution in [0.15, 0.2) is 0 Å². The second kappa shape index (κ2) is 1.87. The lowest BCUT2D eigenvalue weighted by molar-refractivity contribution is -0.212. The molecule has 0 radical (unpaired) electrons. The van der Waals surface area contributed by atoms with E-state index in [4.69, 9.17) is 11.6 Å². The summed E-state index contributed by atoms with van der Waals surface area (Å²) in [7, 11) is 0. The molecule has 2 unspecified atom stereocenters. The molecule has 2 rings (SSSR count). The molecule has 4 heteroatoms. The Balaban J connectivity index is 2.09. The lowest BCUT2D eigenvalue weighted by Gasteiger charge is -2.45. The van der Waals surface area contributed by atoms with E-state index in [0.717, 1.165) is 12.8 Å². The third-order valence-electron chi connectivity index (χ3n) is 2.62. The highest BCUT2D eigenvalue weighted by molar-refractivity contribution is 6.24. The van der Waals surface area contributed by atoms with Crippen LogP contribution in [0.25, 0.3) is 0 Å². The lowest BCUT2D eigenvalue weighted by atomic mass is 9.75. The van der Waals surface area contributed by atoms with Crippen molar-refractivity contribution in [3.63, 3.8) is 0 Å². The normalized spacial score (nSPS) is 48.5. The van der Waals surface area contributed by atoms with Crippen LogP contribution in [0.2, 0.25) is 0 Å². The Bertz CT molecular complexity index is 186. The van der Waals surface area contributed by atoms with Crippen LogP contribution in [0.4, 0.5) is 13.2 Å². The van der Waals surface area contributed by atoms with Gasteiger partial charge >= 0.3 is 0 Å². The molecule has 0 bridgehead atoms. The van der Waals surface area contributed by atoms with Gasteiger partial charge in [0.05, 0.1) is 0 Å². The molecule has 0 aliphatic heterocycles. The van der Waals surface area contributed by atoms with Crippen LogP contribution in [-0.4, -0.2) is 11.1 Å². The summed E-state index contributed by atoms with van der Waals surface area (Å²) >= 11 is 5.08. The number of hydrogen-bond acceptors (Lipinski definition) is 0. The first-order valence-electron chi connectivity index (χ1n) is 3.71. The van der Waals surface area contributed by atoms with E-state index in [1.807, 2.05) is 0 Å². The van der Waals surface area contributed by atoms with Gasteiger partial charge in [0.25, 0.3) is 5.92 Å². The maximum absolute atomic E-state index is 13.0. The van der Waals surface area contributed by atoms with Crippen LogP contribution < -0.4 is 0 Å². The first-order chi connectivity index (χ1) is 4.95. The van der Waals surface area contributed by atoms with E-state index in [1.165, 1.54) is 0 Å². The van der Waals surface area contributed by atoms with Crippen LogP contribution in [-0.2, 0) is 0 Å². The van der Waals surface area contributed by atoms with E-state index in [2.05, 4.69) is 0 Å². The molecule has 0 aromatic heterocycles. The Kier molecular flexibility index (Phi) is 1.31. The largest absolute Gasteiger partial charge is 0.295 e. The van der Waals surface area contributed by atoms with Gasteiger partial charge in [-0.1, -0.05) is 11.6 Å². The fourth-order valence-electron chi connectivity index (χ4n) is 1.64. The Morgan fingerprint density at radius 1 is 1.18 bits per heavy atom. The molecule has 2 aliphatic carbocycles. The zero-order valence-corrected chi connectivity index (χ0v) is 6.54. The van der Waals surface area contributed by atoms with Gasteiger partial charge in [-0.05, 0) is 18.8 Å². The molecule has 0 heterocycles. The molecule has 0 aromatic rings. The summed E-state index contributed by atoms with van der Waals surface area (Å²) in [5.41, 5.74) is 0. The van der Waals surface area contributed by atoms with E-state index in [-0.39, 0.29) is 12.3 Å². The quantitative estimate of drug-likeness (QED) is 0.550. The second-order valence-corrected chi connectivity index (χ2v) is 4.03. The molecule has 64 valence electrons. The van der Waals surface area contributed by atoms with E-state index in [1.54, 1.807) is 0 Å². The van der Waals surface area contributed by atoms with Crippen molar-refractivity contribution in [1.29, 1.82) is 0 Å². The molecule has 0 aromatic carbocycles. The second-order valence-electron chi connectivity index (χ2n) is 3.48. The fourth-order valence-corrected chi connectivity index (χ4v) is 1.97. The van der Waals surface area contributed by atoms with E-state index in [0.29, 0.717) is 0 Å². The SMILES string of the molecule is FC1(F)CC(C2CC2)C1(F)Cl. The molecule has 0 N–H and O–H groups in total. The number of halogens is 4. The first kappa shape index (κ1) is 7.71. The van der Waals surface area contributed by atoms with Gasteiger partial charge in [0.1, 0.15) is 0 Å². The summed E-state index contributed by atoms with van der Waals surface area (Å²) in [6, 6.07) is 0. The minimum Gasteiger partial charge on any atom is -0.219 e. The Morgan fingerprint density at radius 3 is 2.00 bits per heavy atom. The Morgan fingerprint density at radius 2 is 1.73 bits per heavy atom. The third-order valence-corrected chi connectivity index (χ3v) is 3.18. The van der Waals surface area contributed by atoms with Gasteiger partial charge in [0, 0.05) is 12.3 Å². The predicted molar refractivity (Wildman–Crippen MR) is 35.5 cm³/mol. The van der Waals surface area contributed by atoms with E-state index in [9.17, 15) is 13.2 Å². The molecule has 11 heavy (non-hydrogen) atoms. The summed E-state index contributed by atoms with van der Waals surface area (Å²) in [4.78, 5) is 0. The maximum Gasteiger partial charge on any atom is 0.295 e. The Hall–Kier alpha value is 0.0800. The van der Waals surface area contributed by atoms with Crippen molar-refractivity contribution in [2.45, 2.75) is 30.3 Å². The van der Waals surface area contributed by atoms with E-state index < -0.39 is 17.0 Å². The lowest BCUT2D eigenvalue weighted by Crippen LogP contribution is -2.58. The first-order valence-corrected chi connectivity index (χ1v) is 4.08. The maximum atomic E-state index is 13.0. The van der Waals surface area contributed by atoms with Crippen molar-refractivity contribution < 1.29 is 13.2 Å². The van der Waals surface area contributed by atoms with Crippen LogP contribution in [0.1, 0.15) is 19.3 Å². The highest BCUT2D eigenvalue weighted by atomic mass is 35.5. The molecule has 2 atom stereocenters. The summed E-state index contributed by atoms with van der Waals surface area (Å²) in [5.74, 6) is -3.77. The van der Waals surface area contributed by atoms with Crippen molar-refractivity contribution in [2.24, 2.45) is 11.8 Å². The highest BCUT2D eigenvalue weighted by Gasteiger charge is 2.71. The smallest absolute Gasteiger partial charge is 0.219 e. The molecule has 2 aliphatic rings. The van der Waals surface area contributed by atoms with Gasteiger partial charge in [0.2, 0.25) is 5.13 Å². The highest BCUT2D eigenvalue weighted by Crippen LogP contribution is 2.63. The summed E-state index contributed by atoms with van der Waals surface area (Å²) < 4.78 is 37.8. The van der Waals surface area contributed by atoms with Crippen molar-refractivity contribution in [2.75, 3.05) is 0 Å². The predicted octanol–water partition coefficient (Wildman–Crippen LogP) is 2.96. The van der Waals surface area contributed by atoms with Gasteiger partial charge in [0.15, 0.2) is 0 Å². The molecular formula is C7H8ClF3. The van der Waals surface area contributed by atoms with Gasteiger partial charge < -0.3 is 0 Å². The van der Waals surface area contributed by atoms with E-state index >= 15 is 0 Å². The monoisotopic (exact) mass is 184 g/mol. The standard InChI is InChI=1S/C7H8ClF3/c8-7(11)5(4-1-2-4)3-6(7,9)10/h4-5H,1-3H2. The molecular weight excluding hydrogens is 177 g/mol. The third kappa shape index (κ3) is 0.897. The van der Waals surface area contributed by atoms with Gasteiger partial charge in [-0.25, -0.2) is 13.2 Å². The minimum absolute atomic E-state index is 0.122. The van der Waals surface area contributed by atoms with Crippen molar-refractivity contribution in [3.8, 4) is 0 Å². The molecule has 2 fully saturated rings. The minimum atomic E-state index is -3.29. The van der Waals surface area contributed by atoms with Crippen molar-refractivity contribution in [1.82, 2.24) is 0 Å². The van der Waals surface area contributed by atoms with Crippen molar-refractivity contribution >= 4 is 11.6 Å². The Labute approximate surface area is 67.7 Å². The zero-order chi connectivity index (χ0) is 8.28. The van der Waals surface area contributed by atoms with Gasteiger partial charge in [-0.15, -0.1) is 0 Å². The zero-order valence-electron chi connectivity index (χ0n) is 5.79. The number of alkyl halides is 4. The molecule has 0 spiro atoms. The number of hydrogen-bond donors (Lipinski definition) is 0. The molecule has 0 nitrogen and oxygen atoms in total. The summed E-state index contributed by atoms with van der Waals surface area (Å²) in [6.07, 6.45) is 1.36. The molecule has 0 saturated heterocycles. The van der Waals surface area contributed by atoms with Gasteiger partial charge in [-0.3, -0.25) is 0 Å². The summed E-state index contributed by atoms with van der Waals surface area (Å²) in [5, 5.41) is -2.74. The molecule has 2 saturated carbocycles.